The fourth-order valence-electron chi connectivity index (χ4n) is 3.28. The molecule has 0 amide bonds. The van der Waals surface area contributed by atoms with E-state index in [4.69, 9.17) is 0 Å². The minimum Gasteiger partial charge on any atom is -0.0707 e. The highest BCUT2D eigenvalue weighted by atomic mass is 14.2. The zero-order valence-electron chi connectivity index (χ0n) is 11.3. The molecule has 0 aromatic heterocycles. The predicted octanol–water partition coefficient (Wildman–Crippen LogP) is 4.81. The Labute approximate surface area is 97.5 Å². The van der Waals surface area contributed by atoms with Crippen LogP contribution in [0, 0.1) is 5.92 Å². The van der Waals surface area contributed by atoms with Crippen LogP contribution in [0.25, 0.3) is 0 Å². The normalized spacial score (nSPS) is 34.3. The molecule has 1 heteroatoms. The van der Waals surface area contributed by atoms with E-state index in [1.807, 2.05) is 0 Å². The van der Waals surface area contributed by atoms with Crippen molar-refractivity contribution in [1.82, 2.24) is 0 Å². The Balaban J connectivity index is 2.52. The van der Waals surface area contributed by atoms with Gasteiger partial charge in [0.2, 0.25) is 0 Å². The first kappa shape index (κ1) is 13.1. The van der Waals surface area contributed by atoms with E-state index in [-0.39, 0.29) is 0 Å². The highest BCUT2D eigenvalue weighted by Crippen LogP contribution is 2.41. The van der Waals surface area contributed by atoms with Crippen molar-refractivity contribution in [2.24, 2.45) is 5.92 Å². The smallest absolute Gasteiger partial charge is 0.0707 e. The summed E-state index contributed by atoms with van der Waals surface area (Å²) in [6, 6.07) is 0. The summed E-state index contributed by atoms with van der Waals surface area (Å²) in [5, 5.41) is 0.646. The van der Waals surface area contributed by atoms with Gasteiger partial charge in [-0.3, -0.25) is 0 Å². The summed E-state index contributed by atoms with van der Waals surface area (Å²) in [6.07, 6.45) is 10.3. The number of hydrogen-bond acceptors (Lipinski definition) is 0. The molecule has 0 saturated heterocycles. The average molecular weight is 208 g/mol. The van der Waals surface area contributed by atoms with Gasteiger partial charge in [0.05, 0.1) is 0 Å². The Morgan fingerprint density at radius 1 is 1.07 bits per heavy atom. The predicted molar refractivity (Wildman–Crippen MR) is 72.1 cm³/mol. The van der Waals surface area contributed by atoms with Crippen molar-refractivity contribution in [3.63, 3.8) is 0 Å². The monoisotopic (exact) mass is 208 g/mol. The van der Waals surface area contributed by atoms with Crippen molar-refractivity contribution in [2.75, 3.05) is 0 Å². The van der Waals surface area contributed by atoms with Crippen LogP contribution in [0.3, 0.4) is 0 Å². The molecule has 2 unspecified atom stereocenters. The lowest BCUT2D eigenvalue weighted by Crippen LogP contribution is -2.20. The molecule has 2 atom stereocenters. The summed E-state index contributed by atoms with van der Waals surface area (Å²) in [4.78, 5) is 0. The van der Waals surface area contributed by atoms with Gasteiger partial charge in [-0.1, -0.05) is 83.8 Å². The van der Waals surface area contributed by atoms with Gasteiger partial charge in [0, 0.05) is 0 Å². The minimum atomic E-state index is 0.646. The summed E-state index contributed by atoms with van der Waals surface area (Å²) in [5.74, 6) is 1.83. The van der Waals surface area contributed by atoms with E-state index >= 15 is 0 Å². The molecule has 0 nitrogen and oxygen atoms in total. The molecule has 0 N–H and O–H groups in total. The highest BCUT2D eigenvalue weighted by molar-refractivity contribution is 6.41. The molecule has 0 bridgehead atoms. The summed E-state index contributed by atoms with van der Waals surface area (Å²) in [7, 11) is 1.43. The van der Waals surface area contributed by atoms with Gasteiger partial charge in [0.1, 0.15) is 7.28 Å². The van der Waals surface area contributed by atoms with Crippen molar-refractivity contribution < 1.29 is 0 Å². The molecule has 1 fully saturated rings. The van der Waals surface area contributed by atoms with Crippen LogP contribution < -0.4 is 0 Å². The molecule has 15 heavy (non-hydrogen) atoms. The van der Waals surface area contributed by atoms with Gasteiger partial charge in [0.15, 0.2) is 0 Å². The standard InChI is InChI=1S/C14H29B/c1-12(2)15-14(4)10-7-5-6-8-13(3)9-11-14/h12-13,15H,5-11H2,1-4H3. The van der Waals surface area contributed by atoms with E-state index < -0.39 is 0 Å². The van der Waals surface area contributed by atoms with Gasteiger partial charge in [-0.2, -0.15) is 0 Å². The van der Waals surface area contributed by atoms with Crippen molar-refractivity contribution in [3.8, 4) is 0 Å². The van der Waals surface area contributed by atoms with Gasteiger partial charge < -0.3 is 0 Å². The van der Waals surface area contributed by atoms with E-state index in [0.717, 1.165) is 11.7 Å². The van der Waals surface area contributed by atoms with E-state index in [1.165, 1.54) is 52.2 Å². The fraction of sp³-hybridized carbons (Fsp3) is 1.00. The van der Waals surface area contributed by atoms with Gasteiger partial charge in [-0.25, -0.2) is 0 Å². The molecule has 1 rings (SSSR count). The van der Waals surface area contributed by atoms with Gasteiger partial charge in [-0.05, 0) is 5.92 Å². The molecule has 0 aromatic rings. The Bertz CT molecular complexity index is 176. The second kappa shape index (κ2) is 5.96. The Hall–Kier alpha value is 0.0649. The molecule has 1 saturated carbocycles. The summed E-state index contributed by atoms with van der Waals surface area (Å²) < 4.78 is 0. The molecular formula is C14H29B. The zero-order valence-corrected chi connectivity index (χ0v) is 11.3. The Kier molecular flexibility index (Phi) is 5.22. The molecule has 0 aromatic carbocycles. The lowest BCUT2D eigenvalue weighted by atomic mass is 9.44. The first-order valence-corrected chi connectivity index (χ1v) is 7.02. The maximum atomic E-state index is 2.53. The first-order valence-electron chi connectivity index (χ1n) is 7.02. The summed E-state index contributed by atoms with van der Waals surface area (Å²) in [6.45, 7) is 9.73. The second-order valence-electron chi connectivity index (χ2n) is 6.65. The van der Waals surface area contributed by atoms with Gasteiger partial charge in [-0.15, -0.1) is 0 Å². The molecular weight excluding hydrogens is 179 g/mol. The van der Waals surface area contributed by atoms with E-state index in [9.17, 15) is 0 Å². The third-order valence-corrected chi connectivity index (χ3v) is 4.12. The molecule has 1 aliphatic carbocycles. The van der Waals surface area contributed by atoms with E-state index in [1.54, 1.807) is 0 Å². The second-order valence-corrected chi connectivity index (χ2v) is 6.65. The molecule has 0 aliphatic heterocycles. The van der Waals surface area contributed by atoms with Crippen molar-refractivity contribution in [1.29, 1.82) is 0 Å². The van der Waals surface area contributed by atoms with Crippen LogP contribution in [0.5, 0.6) is 0 Å². The third kappa shape index (κ3) is 5.09. The van der Waals surface area contributed by atoms with Crippen molar-refractivity contribution >= 4 is 7.28 Å². The third-order valence-electron chi connectivity index (χ3n) is 4.12. The van der Waals surface area contributed by atoms with E-state index in [2.05, 4.69) is 27.7 Å². The number of rotatable bonds is 2. The fourth-order valence-corrected chi connectivity index (χ4v) is 3.28. The van der Waals surface area contributed by atoms with E-state index in [0.29, 0.717) is 5.31 Å². The van der Waals surface area contributed by atoms with Crippen LogP contribution in [0.15, 0.2) is 0 Å². The van der Waals surface area contributed by atoms with Crippen LogP contribution in [0.1, 0.15) is 72.6 Å². The van der Waals surface area contributed by atoms with Crippen LogP contribution in [0.4, 0.5) is 0 Å². The quantitative estimate of drug-likeness (QED) is 0.571. The van der Waals surface area contributed by atoms with Crippen LogP contribution in [0.2, 0.25) is 11.1 Å². The largest absolute Gasteiger partial charge is 0.130 e. The molecule has 88 valence electrons. The molecule has 0 radical (unpaired) electrons. The maximum absolute atomic E-state index is 2.53. The van der Waals surface area contributed by atoms with Crippen molar-refractivity contribution in [3.05, 3.63) is 0 Å². The zero-order chi connectivity index (χ0) is 11.3. The van der Waals surface area contributed by atoms with Crippen LogP contribution in [-0.2, 0) is 0 Å². The number of hydrogen-bond donors (Lipinski definition) is 0. The Morgan fingerprint density at radius 2 is 1.80 bits per heavy atom. The molecule has 0 heterocycles. The van der Waals surface area contributed by atoms with Crippen LogP contribution in [-0.4, -0.2) is 7.28 Å². The maximum Gasteiger partial charge on any atom is 0.130 e. The average Bonchev–Trinajstić information content (AvgIpc) is 2.19. The minimum absolute atomic E-state index is 0.646. The van der Waals surface area contributed by atoms with Gasteiger partial charge in [0.25, 0.3) is 0 Å². The lowest BCUT2D eigenvalue weighted by molar-refractivity contribution is 0.423. The first-order chi connectivity index (χ1) is 7.02. The summed E-state index contributed by atoms with van der Waals surface area (Å²) in [5.41, 5.74) is 0. The molecule has 1 aliphatic rings. The Morgan fingerprint density at radius 3 is 2.47 bits per heavy atom. The molecule has 0 spiro atoms. The van der Waals surface area contributed by atoms with Gasteiger partial charge >= 0.3 is 0 Å². The topological polar surface area (TPSA) is 0 Å². The van der Waals surface area contributed by atoms with Crippen molar-refractivity contribution in [2.45, 2.75) is 83.8 Å². The highest BCUT2D eigenvalue weighted by Gasteiger charge is 2.27. The SMILES string of the molecule is CC(C)BC1(C)CCCCCC(C)CC1. The summed E-state index contributed by atoms with van der Waals surface area (Å²) >= 11 is 0. The lowest BCUT2D eigenvalue weighted by Gasteiger charge is -2.31. The van der Waals surface area contributed by atoms with Crippen LogP contribution >= 0.6 is 0 Å².